The minimum atomic E-state index is 0.520. The number of amidine groups is 1. The number of hydrogen-bond donors (Lipinski definition) is 2. The average Bonchev–Trinajstić information content (AvgIpc) is 2.27. The van der Waals surface area contributed by atoms with Crippen LogP contribution in [0.3, 0.4) is 0 Å². The fourth-order valence-electron chi connectivity index (χ4n) is 2.02. The monoisotopic (exact) mass is 170 g/mol. The molecule has 0 spiro atoms. The van der Waals surface area contributed by atoms with Crippen molar-refractivity contribution >= 4 is 17.8 Å². The molecule has 0 aromatic carbocycles. The molecule has 2 rings (SSSR count). The highest BCUT2D eigenvalue weighted by atomic mass is 32.1. The molecular weight excluding hydrogens is 156 g/mol. The highest BCUT2D eigenvalue weighted by molar-refractivity contribution is 7.96. The normalized spacial score (nSPS) is 42.7. The second kappa shape index (κ2) is 2.70. The minimum absolute atomic E-state index is 0.520. The van der Waals surface area contributed by atoms with Gasteiger partial charge in [0, 0.05) is 0 Å². The molecule has 0 radical (unpaired) electrons. The number of thiol groups is 1. The summed E-state index contributed by atoms with van der Waals surface area (Å²) in [4.78, 5) is 4.43. The molecule has 2 aliphatic rings. The summed E-state index contributed by atoms with van der Waals surface area (Å²) in [5.41, 5.74) is 0. The van der Waals surface area contributed by atoms with Crippen molar-refractivity contribution in [1.82, 2.24) is 5.32 Å². The van der Waals surface area contributed by atoms with Crippen molar-refractivity contribution in [2.75, 3.05) is 0 Å². The fraction of sp³-hybridized carbons (Fsp3) is 0.875. The summed E-state index contributed by atoms with van der Waals surface area (Å²) < 4.78 is 0. The Hall–Kier alpha value is -0.180. The second-order valence-electron chi connectivity index (χ2n) is 3.69. The van der Waals surface area contributed by atoms with Gasteiger partial charge in [0.25, 0.3) is 0 Å². The lowest BCUT2D eigenvalue weighted by Gasteiger charge is -2.27. The maximum atomic E-state index is 4.43. The van der Waals surface area contributed by atoms with E-state index in [-0.39, 0.29) is 0 Å². The van der Waals surface area contributed by atoms with Crippen molar-refractivity contribution in [3.8, 4) is 0 Å². The van der Waals surface area contributed by atoms with E-state index in [1.54, 1.807) is 0 Å². The lowest BCUT2D eigenvalue weighted by atomic mass is 9.84. The molecule has 0 aromatic heterocycles. The third-order valence-corrected chi connectivity index (χ3v) is 2.93. The molecule has 0 bridgehead atoms. The van der Waals surface area contributed by atoms with Crippen LogP contribution < -0.4 is 5.32 Å². The zero-order chi connectivity index (χ0) is 7.84. The van der Waals surface area contributed by atoms with Gasteiger partial charge >= 0.3 is 0 Å². The Morgan fingerprint density at radius 3 is 3.18 bits per heavy atom. The van der Waals surface area contributed by atoms with Crippen molar-refractivity contribution in [3.63, 3.8) is 0 Å². The smallest absolute Gasteiger partial charge is 0.154 e. The summed E-state index contributed by atoms with van der Waals surface area (Å²) in [6.45, 7) is 2.31. The maximum Gasteiger partial charge on any atom is 0.154 e. The van der Waals surface area contributed by atoms with Crippen LogP contribution in [0.1, 0.15) is 26.2 Å². The Labute approximate surface area is 72.9 Å². The number of fused-ring (bicyclic) bond motifs is 1. The molecule has 0 aromatic rings. The quantitative estimate of drug-likeness (QED) is 0.528. The first-order valence-corrected chi connectivity index (χ1v) is 4.73. The maximum absolute atomic E-state index is 4.43. The predicted octanol–water partition coefficient (Wildman–Crippen LogP) is 1.43. The van der Waals surface area contributed by atoms with E-state index in [9.17, 15) is 0 Å². The Morgan fingerprint density at radius 2 is 2.36 bits per heavy atom. The van der Waals surface area contributed by atoms with Gasteiger partial charge in [-0.15, -0.1) is 12.6 Å². The van der Waals surface area contributed by atoms with Crippen molar-refractivity contribution in [1.29, 1.82) is 0 Å². The molecule has 1 heterocycles. The van der Waals surface area contributed by atoms with Gasteiger partial charge in [0.1, 0.15) is 0 Å². The molecule has 3 atom stereocenters. The van der Waals surface area contributed by atoms with E-state index in [2.05, 4.69) is 29.9 Å². The number of nitrogens with one attached hydrogen (secondary N) is 1. The molecule has 1 fully saturated rings. The van der Waals surface area contributed by atoms with Crippen LogP contribution in [0.2, 0.25) is 0 Å². The van der Waals surface area contributed by atoms with Gasteiger partial charge in [-0.25, -0.2) is 0 Å². The summed E-state index contributed by atoms with van der Waals surface area (Å²) in [5, 5.41) is 4.13. The molecule has 0 amide bonds. The van der Waals surface area contributed by atoms with E-state index in [0.29, 0.717) is 12.1 Å². The van der Waals surface area contributed by atoms with Crippen LogP contribution >= 0.6 is 12.6 Å². The number of hydrogen-bond acceptors (Lipinski definition) is 2. The predicted molar refractivity (Wildman–Crippen MR) is 50.1 cm³/mol. The highest BCUT2D eigenvalue weighted by Crippen LogP contribution is 2.29. The van der Waals surface area contributed by atoms with Gasteiger partial charge in [0.15, 0.2) is 5.17 Å². The van der Waals surface area contributed by atoms with E-state index >= 15 is 0 Å². The molecule has 3 unspecified atom stereocenters. The molecule has 1 aliphatic carbocycles. The zero-order valence-electron chi connectivity index (χ0n) is 6.75. The van der Waals surface area contributed by atoms with Crippen LogP contribution in [0, 0.1) is 5.92 Å². The molecule has 1 N–H and O–H groups in total. The zero-order valence-corrected chi connectivity index (χ0v) is 7.64. The van der Waals surface area contributed by atoms with E-state index in [1.807, 2.05) is 0 Å². The van der Waals surface area contributed by atoms with Crippen LogP contribution in [0.25, 0.3) is 0 Å². The Kier molecular flexibility index (Phi) is 1.83. The Balaban J connectivity index is 2.05. The Morgan fingerprint density at radius 1 is 1.55 bits per heavy atom. The summed E-state index contributed by atoms with van der Waals surface area (Å²) in [6.07, 6.45) is 3.84. The molecule has 1 saturated carbocycles. The van der Waals surface area contributed by atoms with Gasteiger partial charge in [-0.1, -0.05) is 6.92 Å². The summed E-state index contributed by atoms with van der Waals surface area (Å²) in [6, 6.07) is 1.12. The van der Waals surface area contributed by atoms with Crippen molar-refractivity contribution in [2.45, 2.75) is 38.3 Å². The molecule has 3 heteroatoms. The molecular formula is C8H14N2S. The minimum Gasteiger partial charge on any atom is -0.360 e. The van der Waals surface area contributed by atoms with Crippen LogP contribution in [0.4, 0.5) is 0 Å². The van der Waals surface area contributed by atoms with Crippen molar-refractivity contribution in [2.24, 2.45) is 10.9 Å². The lowest BCUT2D eigenvalue weighted by Crippen LogP contribution is -2.37. The van der Waals surface area contributed by atoms with Crippen LogP contribution in [0.15, 0.2) is 4.99 Å². The molecule has 0 saturated heterocycles. The summed E-state index contributed by atoms with van der Waals surface area (Å²) in [5.74, 6) is 0.848. The standard InChI is InChI=1S/C8H14N2S/c1-5-2-3-6-7(4-5)10-8(11)9-6/h5-7H,2-4H2,1H3,(H2,9,10,11). The van der Waals surface area contributed by atoms with Gasteiger partial charge in [0.05, 0.1) is 12.1 Å². The topological polar surface area (TPSA) is 24.4 Å². The van der Waals surface area contributed by atoms with Gasteiger partial charge in [-0.05, 0) is 25.2 Å². The van der Waals surface area contributed by atoms with Crippen molar-refractivity contribution < 1.29 is 0 Å². The lowest BCUT2D eigenvalue weighted by molar-refractivity contribution is 0.308. The summed E-state index contributed by atoms with van der Waals surface area (Å²) in [7, 11) is 0. The third-order valence-electron chi connectivity index (χ3n) is 2.68. The van der Waals surface area contributed by atoms with Gasteiger partial charge in [-0.2, -0.15) is 0 Å². The van der Waals surface area contributed by atoms with Crippen LogP contribution in [-0.4, -0.2) is 17.3 Å². The molecule has 1 aliphatic heterocycles. The first-order valence-electron chi connectivity index (χ1n) is 4.29. The average molecular weight is 170 g/mol. The SMILES string of the molecule is CC1CCC2NC(S)=NC2C1. The summed E-state index contributed by atoms with van der Waals surface area (Å²) >= 11 is 4.22. The molecule has 11 heavy (non-hydrogen) atoms. The van der Waals surface area contributed by atoms with E-state index < -0.39 is 0 Å². The fourth-order valence-corrected chi connectivity index (χ4v) is 2.34. The number of rotatable bonds is 0. The second-order valence-corrected chi connectivity index (χ2v) is 4.11. The third kappa shape index (κ3) is 1.39. The van der Waals surface area contributed by atoms with Crippen molar-refractivity contribution in [3.05, 3.63) is 0 Å². The van der Waals surface area contributed by atoms with Crippen LogP contribution in [-0.2, 0) is 0 Å². The number of aliphatic imine (C=N–C) groups is 1. The first kappa shape index (κ1) is 7.47. The van der Waals surface area contributed by atoms with Gasteiger partial charge in [0.2, 0.25) is 0 Å². The Bertz CT molecular complexity index is 191. The van der Waals surface area contributed by atoms with Crippen LogP contribution in [0.5, 0.6) is 0 Å². The molecule has 2 nitrogen and oxygen atoms in total. The highest BCUT2D eigenvalue weighted by Gasteiger charge is 2.32. The van der Waals surface area contributed by atoms with Gasteiger partial charge < -0.3 is 5.32 Å². The van der Waals surface area contributed by atoms with E-state index in [4.69, 9.17) is 0 Å². The van der Waals surface area contributed by atoms with Gasteiger partial charge in [-0.3, -0.25) is 4.99 Å². The first-order chi connectivity index (χ1) is 5.25. The van der Waals surface area contributed by atoms with E-state index in [1.165, 1.54) is 19.3 Å². The molecule has 62 valence electrons. The van der Waals surface area contributed by atoms with E-state index in [0.717, 1.165) is 11.1 Å². The largest absolute Gasteiger partial charge is 0.360 e. The number of nitrogens with zero attached hydrogens (tertiary/aromatic N) is 1.